The molecule has 0 saturated carbocycles. The molecule has 1 saturated heterocycles. The molecule has 0 aromatic heterocycles. The molecule has 1 atom stereocenters. The number of piperidine rings is 1. The van der Waals surface area contributed by atoms with E-state index in [1.54, 1.807) is 7.05 Å². The van der Waals surface area contributed by atoms with Crippen LogP contribution in [0.5, 0.6) is 11.5 Å². The maximum atomic E-state index is 11.3. The van der Waals surface area contributed by atoms with Gasteiger partial charge >= 0.3 is 0 Å². The highest BCUT2D eigenvalue weighted by Crippen LogP contribution is 2.33. The Bertz CT molecular complexity index is 497. The number of rotatable bonds is 6. The van der Waals surface area contributed by atoms with Crippen LogP contribution in [0.4, 0.5) is 0 Å². The monoisotopic (exact) mass is 306 g/mol. The van der Waals surface area contributed by atoms with E-state index < -0.39 is 0 Å². The van der Waals surface area contributed by atoms with Gasteiger partial charge in [0.1, 0.15) is 0 Å². The van der Waals surface area contributed by atoms with Gasteiger partial charge in [0.2, 0.25) is 0 Å². The van der Waals surface area contributed by atoms with Crippen LogP contribution >= 0.6 is 0 Å². The van der Waals surface area contributed by atoms with Crippen molar-refractivity contribution in [1.29, 1.82) is 0 Å². The van der Waals surface area contributed by atoms with Crippen molar-refractivity contribution in [2.75, 3.05) is 26.7 Å². The molecule has 1 heterocycles. The van der Waals surface area contributed by atoms with Crippen LogP contribution < -0.4 is 20.1 Å². The lowest BCUT2D eigenvalue weighted by Gasteiger charge is -2.24. The number of nitrogens with one attached hydrogen (secondary N) is 2. The molecule has 1 unspecified atom stereocenters. The number of carbonyl (C=O) groups is 1. The van der Waals surface area contributed by atoms with E-state index in [1.165, 1.54) is 18.4 Å². The number of amides is 1. The van der Waals surface area contributed by atoms with Gasteiger partial charge in [0.15, 0.2) is 18.1 Å². The summed E-state index contributed by atoms with van der Waals surface area (Å²) in [6.07, 6.45) is 2.44. The molecule has 122 valence electrons. The third-order valence-corrected chi connectivity index (χ3v) is 3.74. The third-order valence-electron chi connectivity index (χ3n) is 3.74. The minimum atomic E-state index is -0.156. The van der Waals surface area contributed by atoms with Gasteiger partial charge < -0.3 is 20.1 Å². The maximum absolute atomic E-state index is 11.3. The van der Waals surface area contributed by atoms with E-state index in [2.05, 4.69) is 22.8 Å². The van der Waals surface area contributed by atoms with Crippen LogP contribution in [0.3, 0.4) is 0 Å². The van der Waals surface area contributed by atoms with Crippen molar-refractivity contribution in [2.45, 2.75) is 38.7 Å². The standard InChI is InChI=1S/C17H26N2O3/c1-12(2)22-16-9-13(14-5-4-8-19-10-14)6-7-15(16)21-11-17(20)18-3/h6-7,9,12,14,19H,4-5,8,10-11H2,1-3H3,(H,18,20). The Morgan fingerprint density at radius 3 is 2.86 bits per heavy atom. The van der Waals surface area contributed by atoms with Crippen molar-refractivity contribution in [3.63, 3.8) is 0 Å². The second kappa shape index (κ2) is 8.03. The van der Waals surface area contributed by atoms with Gasteiger partial charge in [-0.1, -0.05) is 6.07 Å². The lowest BCUT2D eigenvalue weighted by Crippen LogP contribution is -2.28. The summed E-state index contributed by atoms with van der Waals surface area (Å²) >= 11 is 0. The molecular weight excluding hydrogens is 280 g/mol. The zero-order chi connectivity index (χ0) is 15.9. The first-order valence-corrected chi connectivity index (χ1v) is 7.95. The Kier molecular flexibility index (Phi) is 6.07. The molecule has 0 spiro atoms. The lowest BCUT2D eigenvalue weighted by molar-refractivity contribution is -0.122. The average molecular weight is 306 g/mol. The summed E-state index contributed by atoms with van der Waals surface area (Å²) in [4.78, 5) is 11.3. The van der Waals surface area contributed by atoms with E-state index in [0.717, 1.165) is 13.1 Å². The van der Waals surface area contributed by atoms with E-state index in [4.69, 9.17) is 9.47 Å². The predicted octanol–water partition coefficient (Wildman–Crippen LogP) is 2.07. The summed E-state index contributed by atoms with van der Waals surface area (Å²) in [5.41, 5.74) is 1.26. The highest BCUT2D eigenvalue weighted by molar-refractivity contribution is 5.77. The lowest BCUT2D eigenvalue weighted by atomic mass is 9.91. The van der Waals surface area contributed by atoms with E-state index >= 15 is 0 Å². The van der Waals surface area contributed by atoms with Crippen molar-refractivity contribution in [2.24, 2.45) is 0 Å². The molecule has 1 aliphatic rings. The van der Waals surface area contributed by atoms with Crippen LogP contribution in [0.25, 0.3) is 0 Å². The minimum absolute atomic E-state index is 0.00468. The number of carbonyl (C=O) groups excluding carboxylic acids is 1. The number of hydrogen-bond acceptors (Lipinski definition) is 4. The highest BCUT2D eigenvalue weighted by atomic mass is 16.5. The first-order valence-electron chi connectivity index (χ1n) is 7.95. The molecule has 5 heteroatoms. The van der Waals surface area contributed by atoms with Crippen LogP contribution in [0.15, 0.2) is 18.2 Å². The first-order chi connectivity index (χ1) is 10.6. The van der Waals surface area contributed by atoms with Gasteiger partial charge in [0.05, 0.1) is 6.10 Å². The van der Waals surface area contributed by atoms with Gasteiger partial charge in [-0.25, -0.2) is 0 Å². The van der Waals surface area contributed by atoms with Gasteiger partial charge in [0, 0.05) is 13.6 Å². The smallest absolute Gasteiger partial charge is 0.257 e. The second-order valence-corrected chi connectivity index (χ2v) is 5.88. The zero-order valence-corrected chi connectivity index (χ0v) is 13.6. The molecular formula is C17H26N2O3. The normalized spacial score (nSPS) is 18.1. The summed E-state index contributed by atoms with van der Waals surface area (Å²) in [7, 11) is 1.59. The Morgan fingerprint density at radius 1 is 1.41 bits per heavy atom. The van der Waals surface area contributed by atoms with Crippen molar-refractivity contribution in [1.82, 2.24) is 10.6 Å². The minimum Gasteiger partial charge on any atom is -0.487 e. The molecule has 1 aromatic carbocycles. The van der Waals surface area contributed by atoms with Gasteiger partial charge in [-0.05, 0) is 56.8 Å². The molecule has 22 heavy (non-hydrogen) atoms. The fraction of sp³-hybridized carbons (Fsp3) is 0.588. The summed E-state index contributed by atoms with van der Waals surface area (Å²) < 4.78 is 11.4. The highest BCUT2D eigenvalue weighted by Gasteiger charge is 2.18. The molecule has 1 aromatic rings. The van der Waals surface area contributed by atoms with E-state index in [-0.39, 0.29) is 18.6 Å². The fourth-order valence-corrected chi connectivity index (χ4v) is 2.60. The van der Waals surface area contributed by atoms with Crippen LogP contribution in [-0.4, -0.2) is 38.8 Å². The Morgan fingerprint density at radius 2 is 2.23 bits per heavy atom. The average Bonchev–Trinajstić information content (AvgIpc) is 2.53. The van der Waals surface area contributed by atoms with Crippen molar-refractivity contribution >= 4 is 5.91 Å². The van der Waals surface area contributed by atoms with Gasteiger partial charge in [0.25, 0.3) is 5.91 Å². The van der Waals surface area contributed by atoms with Crippen molar-refractivity contribution in [3.8, 4) is 11.5 Å². The van der Waals surface area contributed by atoms with Crippen molar-refractivity contribution < 1.29 is 14.3 Å². The number of ether oxygens (including phenoxy) is 2. The summed E-state index contributed by atoms with van der Waals surface area (Å²) in [6, 6.07) is 6.03. The number of likely N-dealkylation sites (N-methyl/N-ethyl adjacent to an activating group) is 1. The van der Waals surface area contributed by atoms with E-state index in [0.29, 0.717) is 17.4 Å². The molecule has 2 N–H and O–H groups in total. The molecule has 2 rings (SSSR count). The van der Waals surface area contributed by atoms with Gasteiger partial charge in [-0.15, -0.1) is 0 Å². The molecule has 1 aliphatic heterocycles. The number of benzene rings is 1. The predicted molar refractivity (Wildman–Crippen MR) is 86.6 cm³/mol. The maximum Gasteiger partial charge on any atom is 0.257 e. The van der Waals surface area contributed by atoms with E-state index in [1.807, 2.05) is 19.9 Å². The zero-order valence-electron chi connectivity index (χ0n) is 13.6. The van der Waals surface area contributed by atoms with Crippen LogP contribution in [0.2, 0.25) is 0 Å². The second-order valence-electron chi connectivity index (χ2n) is 5.88. The quantitative estimate of drug-likeness (QED) is 0.844. The molecule has 5 nitrogen and oxygen atoms in total. The third kappa shape index (κ3) is 4.63. The summed E-state index contributed by atoms with van der Waals surface area (Å²) in [5, 5.41) is 5.98. The van der Waals surface area contributed by atoms with Crippen molar-refractivity contribution in [3.05, 3.63) is 23.8 Å². The molecule has 0 bridgehead atoms. The van der Waals surface area contributed by atoms with E-state index in [9.17, 15) is 4.79 Å². The number of hydrogen-bond donors (Lipinski definition) is 2. The summed E-state index contributed by atoms with van der Waals surface area (Å²) in [6.45, 7) is 6.06. The van der Waals surface area contributed by atoms with Crippen LogP contribution in [-0.2, 0) is 4.79 Å². The molecule has 0 radical (unpaired) electrons. The van der Waals surface area contributed by atoms with Gasteiger partial charge in [-0.2, -0.15) is 0 Å². The Hall–Kier alpha value is -1.75. The molecule has 1 fully saturated rings. The topological polar surface area (TPSA) is 59.6 Å². The Balaban J connectivity index is 2.15. The largest absolute Gasteiger partial charge is 0.487 e. The summed E-state index contributed by atoms with van der Waals surface area (Å²) in [5.74, 6) is 1.68. The molecule has 0 aliphatic carbocycles. The van der Waals surface area contributed by atoms with Crippen LogP contribution in [0.1, 0.15) is 38.2 Å². The molecule has 1 amide bonds. The van der Waals surface area contributed by atoms with Gasteiger partial charge in [-0.3, -0.25) is 4.79 Å². The first kappa shape index (κ1) is 16.6. The van der Waals surface area contributed by atoms with Crippen LogP contribution in [0, 0.1) is 0 Å². The fourth-order valence-electron chi connectivity index (χ4n) is 2.60. The Labute approximate surface area is 132 Å². The SMILES string of the molecule is CNC(=O)COc1ccc(C2CCCNC2)cc1OC(C)C.